The monoisotopic (exact) mass is 289 g/mol. The van der Waals surface area contributed by atoms with Crippen molar-refractivity contribution in [2.75, 3.05) is 5.32 Å². The maximum atomic E-state index is 12.1. The highest BCUT2D eigenvalue weighted by atomic mass is 16.2. The summed E-state index contributed by atoms with van der Waals surface area (Å²) in [6, 6.07) is 14.8. The smallest absolute Gasteiger partial charge is 0.276 e. The number of carbonyl (C=O) groups excluding carboxylic acids is 2. The number of anilines is 1. The van der Waals surface area contributed by atoms with Gasteiger partial charge in [-0.25, -0.2) is 0 Å². The van der Waals surface area contributed by atoms with Gasteiger partial charge in [0, 0.05) is 17.5 Å². The van der Waals surface area contributed by atoms with Gasteiger partial charge in [0.15, 0.2) is 11.5 Å². The Morgan fingerprint density at radius 3 is 2.36 bits per heavy atom. The van der Waals surface area contributed by atoms with Crippen LogP contribution in [0, 0.1) is 0 Å². The highest BCUT2D eigenvalue weighted by molar-refractivity contribution is 6.54. The van der Waals surface area contributed by atoms with Crippen LogP contribution in [0.5, 0.6) is 0 Å². The molecule has 0 bridgehead atoms. The van der Waals surface area contributed by atoms with E-state index in [1.165, 1.54) is 0 Å². The van der Waals surface area contributed by atoms with E-state index in [-0.39, 0.29) is 17.4 Å². The van der Waals surface area contributed by atoms with Crippen LogP contribution in [0.4, 0.5) is 5.69 Å². The Morgan fingerprint density at radius 1 is 0.818 bits per heavy atom. The summed E-state index contributed by atoms with van der Waals surface area (Å²) < 4.78 is 0. The molecule has 5 heteroatoms. The Balaban J connectivity index is 1.79. The molecule has 0 unspecified atom stereocenters. The highest BCUT2D eigenvalue weighted by Gasteiger charge is 2.28. The molecule has 1 amide bonds. The first-order valence-electron chi connectivity index (χ1n) is 6.92. The third kappa shape index (κ3) is 1.87. The summed E-state index contributed by atoms with van der Waals surface area (Å²) >= 11 is 0. The van der Waals surface area contributed by atoms with Crippen LogP contribution in [0.2, 0.25) is 0 Å². The molecule has 0 fully saturated rings. The summed E-state index contributed by atoms with van der Waals surface area (Å²) in [6.07, 6.45) is 0.336. The zero-order chi connectivity index (χ0) is 15.1. The molecular formula is C17H11N3O2. The lowest BCUT2D eigenvalue weighted by Crippen LogP contribution is -2.15. The number of hydrogen-bond acceptors (Lipinski definition) is 4. The minimum absolute atomic E-state index is 0.0720. The zero-order valence-electron chi connectivity index (χ0n) is 11.5. The normalized spacial score (nSPS) is 19.5. The molecule has 4 rings (SSSR count). The second kappa shape index (κ2) is 4.73. The standard InChI is InChI=1S/C17H11N3O2/c21-14-9-10-5-1-2-6-11(10)15(14)19-20-16-12-7-3-4-8-13(12)18-17(16)22/h1-8H,9H2,(H,18,20,22)/b19-15-. The molecule has 1 N–H and O–H groups in total. The van der Waals surface area contributed by atoms with Gasteiger partial charge in [-0.1, -0.05) is 42.5 Å². The molecule has 2 aromatic rings. The second-order valence-corrected chi connectivity index (χ2v) is 5.15. The van der Waals surface area contributed by atoms with Gasteiger partial charge in [0.1, 0.15) is 5.71 Å². The number of rotatable bonds is 1. The fourth-order valence-corrected chi connectivity index (χ4v) is 2.72. The summed E-state index contributed by atoms with van der Waals surface area (Å²) in [5.41, 5.74) is 3.71. The van der Waals surface area contributed by atoms with Crippen LogP contribution in [-0.2, 0) is 16.0 Å². The third-order valence-electron chi connectivity index (χ3n) is 3.78. The van der Waals surface area contributed by atoms with Crippen molar-refractivity contribution in [3.05, 3.63) is 65.2 Å². The summed E-state index contributed by atoms with van der Waals surface area (Å²) in [6.45, 7) is 0. The predicted molar refractivity (Wildman–Crippen MR) is 83.3 cm³/mol. The van der Waals surface area contributed by atoms with Gasteiger partial charge >= 0.3 is 0 Å². The van der Waals surface area contributed by atoms with Gasteiger partial charge in [0.2, 0.25) is 0 Å². The number of hydrogen-bond donors (Lipinski definition) is 1. The number of benzene rings is 2. The molecule has 0 saturated carbocycles. The Morgan fingerprint density at radius 2 is 1.50 bits per heavy atom. The summed E-state index contributed by atoms with van der Waals surface area (Å²) in [5, 5.41) is 10.8. The fraction of sp³-hybridized carbons (Fsp3) is 0.0588. The summed E-state index contributed by atoms with van der Waals surface area (Å²) in [5.74, 6) is -0.374. The van der Waals surface area contributed by atoms with Crippen molar-refractivity contribution < 1.29 is 9.59 Å². The fourth-order valence-electron chi connectivity index (χ4n) is 2.72. The SMILES string of the molecule is O=C1Cc2ccccc2/C1=N/N=C1\C(=O)Nc2ccccc21. The Bertz CT molecular complexity index is 807. The predicted octanol–water partition coefficient (Wildman–Crippen LogP) is 1.96. The van der Waals surface area contributed by atoms with Crippen LogP contribution in [0.15, 0.2) is 58.7 Å². The molecule has 1 aliphatic heterocycles. The summed E-state index contributed by atoms with van der Waals surface area (Å²) in [4.78, 5) is 24.0. The van der Waals surface area contributed by atoms with E-state index in [0.717, 1.165) is 11.1 Å². The minimum Gasteiger partial charge on any atom is -0.320 e. The van der Waals surface area contributed by atoms with Crippen LogP contribution < -0.4 is 5.32 Å². The van der Waals surface area contributed by atoms with Gasteiger partial charge in [-0.3, -0.25) is 9.59 Å². The van der Waals surface area contributed by atoms with Gasteiger partial charge in [0.25, 0.3) is 5.91 Å². The lowest BCUT2D eigenvalue weighted by atomic mass is 10.1. The van der Waals surface area contributed by atoms with Crippen molar-refractivity contribution in [3.63, 3.8) is 0 Å². The second-order valence-electron chi connectivity index (χ2n) is 5.15. The van der Waals surface area contributed by atoms with Crippen molar-refractivity contribution in [3.8, 4) is 0 Å². The average molecular weight is 289 g/mol. The van der Waals surface area contributed by atoms with E-state index < -0.39 is 0 Å². The number of nitrogens with zero attached hydrogens (tertiary/aromatic N) is 2. The molecule has 0 aromatic heterocycles. The third-order valence-corrected chi connectivity index (χ3v) is 3.78. The molecule has 22 heavy (non-hydrogen) atoms. The maximum Gasteiger partial charge on any atom is 0.276 e. The Hall–Kier alpha value is -3.08. The Kier molecular flexibility index (Phi) is 2.72. The molecule has 0 atom stereocenters. The quantitative estimate of drug-likeness (QED) is 0.815. The molecular weight excluding hydrogens is 278 g/mol. The van der Waals surface area contributed by atoms with Crippen molar-refractivity contribution in [2.24, 2.45) is 10.2 Å². The lowest BCUT2D eigenvalue weighted by Gasteiger charge is -1.97. The number of para-hydroxylation sites is 1. The van der Waals surface area contributed by atoms with Crippen LogP contribution >= 0.6 is 0 Å². The first kappa shape index (κ1) is 12.6. The number of fused-ring (bicyclic) bond motifs is 2. The Labute approximate surface area is 126 Å². The van der Waals surface area contributed by atoms with E-state index in [2.05, 4.69) is 15.5 Å². The number of ketones is 1. The van der Waals surface area contributed by atoms with E-state index in [1.54, 1.807) is 12.1 Å². The topological polar surface area (TPSA) is 70.9 Å². The highest BCUT2D eigenvalue weighted by Crippen LogP contribution is 2.24. The molecule has 2 aliphatic rings. The molecule has 2 aromatic carbocycles. The molecule has 1 heterocycles. The van der Waals surface area contributed by atoms with E-state index in [4.69, 9.17) is 0 Å². The molecule has 5 nitrogen and oxygen atoms in total. The zero-order valence-corrected chi connectivity index (χ0v) is 11.5. The van der Waals surface area contributed by atoms with Crippen molar-refractivity contribution >= 4 is 28.8 Å². The molecule has 0 radical (unpaired) electrons. The molecule has 106 valence electrons. The number of Topliss-reactive ketones (excluding diaryl/α,β-unsaturated/α-hetero) is 1. The maximum absolute atomic E-state index is 12.1. The van der Waals surface area contributed by atoms with Crippen LogP contribution in [0.1, 0.15) is 16.7 Å². The lowest BCUT2D eigenvalue weighted by molar-refractivity contribution is -0.112. The number of amides is 1. The van der Waals surface area contributed by atoms with Crippen molar-refractivity contribution in [1.82, 2.24) is 0 Å². The van der Waals surface area contributed by atoms with Gasteiger partial charge in [-0.15, -0.1) is 10.2 Å². The van der Waals surface area contributed by atoms with Gasteiger partial charge in [-0.05, 0) is 11.6 Å². The molecule has 0 saturated heterocycles. The minimum atomic E-state index is -0.302. The largest absolute Gasteiger partial charge is 0.320 e. The first-order chi connectivity index (χ1) is 10.7. The number of carbonyl (C=O) groups is 2. The van der Waals surface area contributed by atoms with Crippen molar-refractivity contribution in [1.29, 1.82) is 0 Å². The number of nitrogens with one attached hydrogen (secondary N) is 1. The van der Waals surface area contributed by atoms with Gasteiger partial charge in [0.05, 0.1) is 5.69 Å². The van der Waals surface area contributed by atoms with E-state index in [0.29, 0.717) is 23.4 Å². The van der Waals surface area contributed by atoms with Crippen LogP contribution in [-0.4, -0.2) is 23.1 Å². The van der Waals surface area contributed by atoms with E-state index >= 15 is 0 Å². The average Bonchev–Trinajstić information content (AvgIpc) is 3.01. The van der Waals surface area contributed by atoms with E-state index in [1.807, 2.05) is 36.4 Å². The van der Waals surface area contributed by atoms with Gasteiger partial charge < -0.3 is 5.32 Å². The van der Waals surface area contributed by atoms with Crippen molar-refractivity contribution in [2.45, 2.75) is 6.42 Å². The van der Waals surface area contributed by atoms with E-state index in [9.17, 15) is 9.59 Å². The van der Waals surface area contributed by atoms with Gasteiger partial charge in [-0.2, -0.15) is 0 Å². The van der Waals surface area contributed by atoms with Crippen LogP contribution in [0.3, 0.4) is 0 Å². The molecule has 1 aliphatic carbocycles. The van der Waals surface area contributed by atoms with Crippen LogP contribution in [0.25, 0.3) is 0 Å². The molecule has 0 spiro atoms. The summed E-state index contributed by atoms with van der Waals surface area (Å²) in [7, 11) is 0. The first-order valence-corrected chi connectivity index (χ1v) is 6.92.